The smallest absolute Gasteiger partial charge is 0.0706 e. The molecule has 0 aromatic rings. The predicted octanol–water partition coefficient (Wildman–Crippen LogP) is 2.65. The van der Waals surface area contributed by atoms with E-state index in [0.717, 1.165) is 24.4 Å². The standard InChI is InChI=1S/C17H32N2O/c1-12(2)8-15-9-18-17(14-5-6-14)11-19(15)10-16-7-4-13(3)20-16/h12-18H,4-11H2,1-3H3. The molecule has 1 N–H and O–H groups in total. The second-order valence-corrected chi connectivity index (χ2v) is 7.74. The van der Waals surface area contributed by atoms with Crippen molar-refractivity contribution in [3.05, 3.63) is 0 Å². The van der Waals surface area contributed by atoms with Gasteiger partial charge in [0.25, 0.3) is 0 Å². The van der Waals surface area contributed by atoms with Gasteiger partial charge in [0.15, 0.2) is 0 Å². The first-order chi connectivity index (χ1) is 9.61. The molecule has 2 heterocycles. The Hall–Kier alpha value is -0.120. The van der Waals surface area contributed by atoms with Crippen molar-refractivity contribution in [2.75, 3.05) is 19.6 Å². The van der Waals surface area contributed by atoms with Crippen LogP contribution in [0.3, 0.4) is 0 Å². The number of hydrogen-bond donors (Lipinski definition) is 1. The Kier molecular flexibility index (Phi) is 4.68. The van der Waals surface area contributed by atoms with Crippen LogP contribution in [-0.4, -0.2) is 48.8 Å². The molecule has 3 heteroatoms. The van der Waals surface area contributed by atoms with Gasteiger partial charge in [0, 0.05) is 31.7 Å². The van der Waals surface area contributed by atoms with Crippen LogP contribution in [0.1, 0.15) is 52.9 Å². The Morgan fingerprint density at radius 1 is 1.20 bits per heavy atom. The molecule has 4 atom stereocenters. The first kappa shape index (κ1) is 14.8. The molecule has 4 unspecified atom stereocenters. The lowest BCUT2D eigenvalue weighted by Gasteiger charge is -2.42. The van der Waals surface area contributed by atoms with Crippen LogP contribution in [0.25, 0.3) is 0 Å². The van der Waals surface area contributed by atoms with Gasteiger partial charge in [-0.2, -0.15) is 0 Å². The van der Waals surface area contributed by atoms with Crippen molar-refractivity contribution >= 4 is 0 Å². The highest BCUT2D eigenvalue weighted by atomic mass is 16.5. The molecule has 0 aromatic carbocycles. The summed E-state index contributed by atoms with van der Waals surface area (Å²) in [5.74, 6) is 1.74. The molecule has 3 nitrogen and oxygen atoms in total. The fourth-order valence-corrected chi connectivity index (χ4v) is 3.98. The van der Waals surface area contributed by atoms with Crippen LogP contribution in [0.2, 0.25) is 0 Å². The van der Waals surface area contributed by atoms with Crippen molar-refractivity contribution in [2.24, 2.45) is 11.8 Å². The molecule has 0 amide bonds. The molecular formula is C17H32N2O. The predicted molar refractivity (Wildman–Crippen MR) is 82.9 cm³/mol. The van der Waals surface area contributed by atoms with Gasteiger partial charge in [-0.05, 0) is 50.9 Å². The monoisotopic (exact) mass is 280 g/mol. The van der Waals surface area contributed by atoms with E-state index in [0.29, 0.717) is 18.2 Å². The first-order valence-electron chi connectivity index (χ1n) is 8.74. The van der Waals surface area contributed by atoms with E-state index in [-0.39, 0.29) is 0 Å². The summed E-state index contributed by atoms with van der Waals surface area (Å²) in [7, 11) is 0. The lowest BCUT2D eigenvalue weighted by Crippen LogP contribution is -2.58. The van der Waals surface area contributed by atoms with Gasteiger partial charge in [0.2, 0.25) is 0 Å². The summed E-state index contributed by atoms with van der Waals surface area (Å²) >= 11 is 0. The quantitative estimate of drug-likeness (QED) is 0.838. The number of hydrogen-bond acceptors (Lipinski definition) is 3. The van der Waals surface area contributed by atoms with Gasteiger partial charge in [-0.15, -0.1) is 0 Å². The van der Waals surface area contributed by atoms with Gasteiger partial charge in [0.05, 0.1) is 12.2 Å². The molecule has 3 fully saturated rings. The highest BCUT2D eigenvalue weighted by molar-refractivity contribution is 4.95. The van der Waals surface area contributed by atoms with Crippen LogP contribution >= 0.6 is 0 Å². The van der Waals surface area contributed by atoms with Crippen LogP contribution < -0.4 is 5.32 Å². The molecule has 0 radical (unpaired) electrons. The highest BCUT2D eigenvalue weighted by Gasteiger charge is 2.38. The molecule has 0 spiro atoms. The Morgan fingerprint density at radius 3 is 2.60 bits per heavy atom. The van der Waals surface area contributed by atoms with Gasteiger partial charge in [-0.1, -0.05) is 13.8 Å². The van der Waals surface area contributed by atoms with E-state index < -0.39 is 0 Å². The highest BCUT2D eigenvalue weighted by Crippen LogP contribution is 2.35. The minimum absolute atomic E-state index is 0.477. The third-order valence-corrected chi connectivity index (χ3v) is 5.26. The summed E-state index contributed by atoms with van der Waals surface area (Å²) < 4.78 is 6.07. The molecule has 2 saturated heterocycles. The number of piperazine rings is 1. The fourth-order valence-electron chi connectivity index (χ4n) is 3.98. The molecule has 3 aliphatic rings. The third kappa shape index (κ3) is 3.75. The summed E-state index contributed by atoms with van der Waals surface area (Å²) in [4.78, 5) is 2.75. The molecule has 1 saturated carbocycles. The van der Waals surface area contributed by atoms with Gasteiger partial charge >= 0.3 is 0 Å². The molecule has 3 rings (SSSR count). The van der Waals surface area contributed by atoms with Crippen molar-refractivity contribution in [3.63, 3.8) is 0 Å². The molecular weight excluding hydrogens is 248 g/mol. The van der Waals surface area contributed by atoms with Gasteiger partial charge in [-0.25, -0.2) is 0 Å². The van der Waals surface area contributed by atoms with E-state index in [4.69, 9.17) is 4.74 Å². The SMILES string of the molecule is CC(C)CC1CNC(C2CC2)CN1CC1CCC(C)O1. The maximum Gasteiger partial charge on any atom is 0.0706 e. The van der Waals surface area contributed by atoms with E-state index in [1.54, 1.807) is 0 Å². The summed E-state index contributed by atoms with van der Waals surface area (Å²) in [6.45, 7) is 10.5. The summed E-state index contributed by atoms with van der Waals surface area (Å²) in [5, 5.41) is 3.82. The van der Waals surface area contributed by atoms with Gasteiger partial charge in [0.1, 0.15) is 0 Å². The summed E-state index contributed by atoms with van der Waals surface area (Å²) in [6, 6.07) is 1.46. The molecule has 2 aliphatic heterocycles. The van der Waals surface area contributed by atoms with E-state index in [1.165, 1.54) is 45.2 Å². The minimum Gasteiger partial charge on any atom is -0.374 e. The van der Waals surface area contributed by atoms with Crippen molar-refractivity contribution < 1.29 is 4.74 Å². The third-order valence-electron chi connectivity index (χ3n) is 5.26. The maximum atomic E-state index is 6.07. The van der Waals surface area contributed by atoms with Crippen LogP contribution in [0, 0.1) is 11.8 Å². The lowest BCUT2D eigenvalue weighted by atomic mass is 9.97. The Balaban J connectivity index is 1.57. The van der Waals surface area contributed by atoms with E-state index in [2.05, 4.69) is 31.0 Å². The van der Waals surface area contributed by atoms with Crippen LogP contribution in [0.5, 0.6) is 0 Å². The average molecular weight is 280 g/mol. The van der Waals surface area contributed by atoms with Crippen molar-refractivity contribution in [2.45, 2.75) is 77.2 Å². The van der Waals surface area contributed by atoms with Crippen molar-refractivity contribution in [1.29, 1.82) is 0 Å². The average Bonchev–Trinajstić information content (AvgIpc) is 3.15. The van der Waals surface area contributed by atoms with Crippen LogP contribution in [0.4, 0.5) is 0 Å². The summed E-state index contributed by atoms with van der Waals surface area (Å²) in [5.41, 5.74) is 0. The summed E-state index contributed by atoms with van der Waals surface area (Å²) in [6.07, 6.45) is 7.66. The van der Waals surface area contributed by atoms with Crippen LogP contribution in [-0.2, 0) is 4.74 Å². The Bertz CT molecular complexity index is 316. The maximum absolute atomic E-state index is 6.07. The number of ether oxygens (including phenoxy) is 1. The van der Waals surface area contributed by atoms with Crippen LogP contribution in [0.15, 0.2) is 0 Å². The molecule has 1 aliphatic carbocycles. The zero-order valence-electron chi connectivity index (χ0n) is 13.5. The number of nitrogens with one attached hydrogen (secondary N) is 1. The Morgan fingerprint density at radius 2 is 2.00 bits per heavy atom. The van der Waals surface area contributed by atoms with E-state index in [1.807, 2.05) is 0 Å². The molecule has 0 aromatic heterocycles. The second kappa shape index (κ2) is 6.33. The van der Waals surface area contributed by atoms with Crippen molar-refractivity contribution in [1.82, 2.24) is 10.2 Å². The minimum atomic E-state index is 0.477. The fraction of sp³-hybridized carbons (Fsp3) is 1.00. The van der Waals surface area contributed by atoms with E-state index in [9.17, 15) is 0 Å². The topological polar surface area (TPSA) is 24.5 Å². The van der Waals surface area contributed by atoms with Crippen molar-refractivity contribution in [3.8, 4) is 0 Å². The Labute approximate surface area is 124 Å². The second-order valence-electron chi connectivity index (χ2n) is 7.74. The normalized spacial score (nSPS) is 39.6. The molecule has 116 valence electrons. The molecule has 0 bridgehead atoms. The van der Waals surface area contributed by atoms with Gasteiger partial charge < -0.3 is 10.1 Å². The van der Waals surface area contributed by atoms with Gasteiger partial charge in [-0.3, -0.25) is 4.90 Å². The lowest BCUT2D eigenvalue weighted by molar-refractivity contribution is 0.00601. The number of nitrogens with zero attached hydrogens (tertiary/aromatic N) is 1. The molecule has 20 heavy (non-hydrogen) atoms. The van der Waals surface area contributed by atoms with E-state index >= 15 is 0 Å². The first-order valence-corrected chi connectivity index (χ1v) is 8.74. The zero-order valence-corrected chi connectivity index (χ0v) is 13.5. The zero-order chi connectivity index (χ0) is 14.1. The largest absolute Gasteiger partial charge is 0.374 e. The number of rotatable bonds is 5.